The molecule has 2 aromatic carbocycles. The first kappa shape index (κ1) is 14.1. The fourth-order valence-electron chi connectivity index (χ4n) is 2.45. The van der Waals surface area contributed by atoms with Crippen LogP contribution < -0.4 is 4.74 Å². The van der Waals surface area contributed by atoms with E-state index in [-0.39, 0.29) is 0 Å². The molecule has 1 N–H and O–H groups in total. The predicted octanol–water partition coefficient (Wildman–Crippen LogP) is 3.53. The Kier molecular flexibility index (Phi) is 4.08. The van der Waals surface area contributed by atoms with E-state index in [9.17, 15) is 9.90 Å². The molecule has 3 nitrogen and oxygen atoms in total. The second kappa shape index (κ2) is 5.78. The Balaban J connectivity index is 2.47. The van der Waals surface area contributed by atoms with Gasteiger partial charge in [-0.15, -0.1) is 0 Å². The summed E-state index contributed by atoms with van der Waals surface area (Å²) in [5, 5.41) is 9.56. The first-order valence-corrected chi connectivity index (χ1v) is 6.46. The lowest BCUT2D eigenvalue weighted by atomic mass is 9.89. The van der Waals surface area contributed by atoms with Crippen molar-refractivity contribution in [3.63, 3.8) is 0 Å². The lowest BCUT2D eigenvalue weighted by molar-refractivity contribution is -0.137. The molecule has 20 heavy (non-hydrogen) atoms. The quantitative estimate of drug-likeness (QED) is 0.924. The molecule has 0 aliphatic carbocycles. The van der Waals surface area contributed by atoms with E-state index in [2.05, 4.69) is 0 Å². The van der Waals surface area contributed by atoms with Gasteiger partial charge in [0.2, 0.25) is 0 Å². The van der Waals surface area contributed by atoms with Gasteiger partial charge in [0.1, 0.15) is 11.7 Å². The number of hydrogen-bond acceptors (Lipinski definition) is 2. The topological polar surface area (TPSA) is 46.5 Å². The molecule has 0 heterocycles. The van der Waals surface area contributed by atoms with Crippen LogP contribution in [-0.2, 0) is 4.79 Å². The van der Waals surface area contributed by atoms with Gasteiger partial charge in [-0.3, -0.25) is 4.79 Å². The van der Waals surface area contributed by atoms with Gasteiger partial charge in [0, 0.05) is 0 Å². The van der Waals surface area contributed by atoms with Gasteiger partial charge in [-0.05, 0) is 37.1 Å². The average molecular weight is 270 g/mol. The summed E-state index contributed by atoms with van der Waals surface area (Å²) in [5.41, 5.74) is 3.70. The van der Waals surface area contributed by atoms with Crippen LogP contribution in [0.5, 0.6) is 5.75 Å². The van der Waals surface area contributed by atoms with Gasteiger partial charge in [0.25, 0.3) is 0 Å². The molecule has 3 heteroatoms. The Bertz CT molecular complexity index is 594. The van der Waals surface area contributed by atoms with Crippen LogP contribution in [0.2, 0.25) is 0 Å². The van der Waals surface area contributed by atoms with Gasteiger partial charge < -0.3 is 9.84 Å². The average Bonchev–Trinajstić information content (AvgIpc) is 2.38. The minimum Gasteiger partial charge on any atom is -0.497 e. The van der Waals surface area contributed by atoms with Crippen molar-refractivity contribution in [2.45, 2.75) is 19.8 Å². The van der Waals surface area contributed by atoms with E-state index in [1.54, 1.807) is 31.4 Å². The van der Waals surface area contributed by atoms with Gasteiger partial charge in [0.05, 0.1) is 7.11 Å². The molecule has 0 bridgehead atoms. The summed E-state index contributed by atoms with van der Waals surface area (Å²) in [5.74, 6) is -0.780. The van der Waals surface area contributed by atoms with Crippen LogP contribution >= 0.6 is 0 Å². The molecule has 0 aliphatic heterocycles. The summed E-state index contributed by atoms with van der Waals surface area (Å²) in [6, 6.07) is 13.1. The molecule has 0 fully saturated rings. The van der Waals surface area contributed by atoms with E-state index >= 15 is 0 Å². The van der Waals surface area contributed by atoms with Crippen molar-refractivity contribution >= 4 is 5.97 Å². The Morgan fingerprint density at radius 3 is 2.00 bits per heavy atom. The SMILES string of the molecule is COc1ccc(C(C(=O)O)c2cc(C)cc(C)c2)cc1. The molecule has 0 radical (unpaired) electrons. The summed E-state index contributed by atoms with van der Waals surface area (Å²) in [6.07, 6.45) is 0. The molecular weight excluding hydrogens is 252 g/mol. The summed E-state index contributed by atoms with van der Waals surface area (Å²) in [6.45, 7) is 3.95. The van der Waals surface area contributed by atoms with Crippen LogP contribution in [0, 0.1) is 13.8 Å². The maximum Gasteiger partial charge on any atom is 0.315 e. The number of carboxylic acid groups (broad SMARTS) is 1. The van der Waals surface area contributed by atoms with Gasteiger partial charge >= 0.3 is 5.97 Å². The maximum atomic E-state index is 11.6. The fraction of sp³-hybridized carbons (Fsp3) is 0.235. The fourth-order valence-corrected chi connectivity index (χ4v) is 2.45. The molecule has 0 spiro atoms. The number of carbonyl (C=O) groups is 1. The van der Waals surface area contributed by atoms with Crippen molar-refractivity contribution in [3.05, 3.63) is 64.7 Å². The zero-order chi connectivity index (χ0) is 14.7. The zero-order valence-corrected chi connectivity index (χ0v) is 11.9. The number of ether oxygens (including phenoxy) is 1. The summed E-state index contributed by atoms with van der Waals surface area (Å²) < 4.78 is 5.11. The number of rotatable bonds is 4. The zero-order valence-electron chi connectivity index (χ0n) is 11.9. The smallest absolute Gasteiger partial charge is 0.315 e. The number of benzene rings is 2. The Morgan fingerprint density at radius 1 is 1.00 bits per heavy atom. The molecule has 104 valence electrons. The van der Waals surface area contributed by atoms with E-state index in [4.69, 9.17) is 4.74 Å². The second-order valence-corrected chi connectivity index (χ2v) is 4.97. The van der Waals surface area contributed by atoms with Crippen molar-refractivity contribution in [2.24, 2.45) is 0 Å². The molecule has 0 aromatic heterocycles. The van der Waals surface area contributed by atoms with Crippen LogP contribution in [0.3, 0.4) is 0 Å². The summed E-state index contributed by atoms with van der Waals surface area (Å²) >= 11 is 0. The van der Waals surface area contributed by atoms with Crippen LogP contribution in [0.15, 0.2) is 42.5 Å². The number of aryl methyl sites for hydroxylation is 2. The van der Waals surface area contributed by atoms with E-state index in [1.807, 2.05) is 32.0 Å². The highest BCUT2D eigenvalue weighted by molar-refractivity contribution is 5.80. The molecule has 2 rings (SSSR count). The van der Waals surface area contributed by atoms with E-state index in [1.165, 1.54) is 0 Å². The number of aliphatic carboxylic acids is 1. The molecular formula is C17H18O3. The normalized spacial score (nSPS) is 11.9. The largest absolute Gasteiger partial charge is 0.497 e. The van der Waals surface area contributed by atoms with Gasteiger partial charge in [-0.25, -0.2) is 0 Å². The number of methoxy groups -OCH3 is 1. The third-order valence-electron chi connectivity index (χ3n) is 3.27. The van der Waals surface area contributed by atoms with Crippen LogP contribution in [-0.4, -0.2) is 18.2 Å². The Hall–Kier alpha value is -2.29. The van der Waals surface area contributed by atoms with E-state index in [0.717, 1.165) is 28.0 Å². The van der Waals surface area contributed by atoms with Gasteiger partial charge in [0.15, 0.2) is 0 Å². The Morgan fingerprint density at radius 2 is 1.55 bits per heavy atom. The monoisotopic (exact) mass is 270 g/mol. The molecule has 0 saturated carbocycles. The van der Waals surface area contributed by atoms with Gasteiger partial charge in [-0.2, -0.15) is 0 Å². The standard InChI is InChI=1S/C17H18O3/c1-11-8-12(2)10-14(9-11)16(17(18)19)13-4-6-15(20-3)7-5-13/h4-10,16H,1-3H3,(H,18,19). The summed E-state index contributed by atoms with van der Waals surface area (Å²) in [4.78, 5) is 11.6. The minimum absolute atomic E-state index is 0.653. The molecule has 0 saturated heterocycles. The van der Waals surface area contributed by atoms with Crippen LogP contribution in [0.4, 0.5) is 0 Å². The highest BCUT2D eigenvalue weighted by Gasteiger charge is 2.22. The lowest BCUT2D eigenvalue weighted by Crippen LogP contribution is -2.13. The molecule has 2 aromatic rings. The molecule has 0 aliphatic rings. The molecule has 0 amide bonds. The Labute approximate surface area is 118 Å². The highest BCUT2D eigenvalue weighted by atomic mass is 16.5. The minimum atomic E-state index is -0.847. The van der Waals surface area contributed by atoms with Crippen LogP contribution in [0.1, 0.15) is 28.2 Å². The predicted molar refractivity (Wildman–Crippen MR) is 78.4 cm³/mol. The maximum absolute atomic E-state index is 11.6. The number of carboxylic acids is 1. The van der Waals surface area contributed by atoms with Crippen molar-refractivity contribution in [1.82, 2.24) is 0 Å². The molecule has 1 atom stereocenters. The van der Waals surface area contributed by atoms with Crippen molar-refractivity contribution in [3.8, 4) is 5.75 Å². The van der Waals surface area contributed by atoms with E-state index in [0.29, 0.717) is 0 Å². The van der Waals surface area contributed by atoms with Crippen molar-refractivity contribution < 1.29 is 14.6 Å². The van der Waals surface area contributed by atoms with Crippen molar-refractivity contribution in [2.75, 3.05) is 7.11 Å². The summed E-state index contributed by atoms with van der Waals surface area (Å²) in [7, 11) is 1.59. The lowest BCUT2D eigenvalue weighted by Gasteiger charge is -2.15. The van der Waals surface area contributed by atoms with Crippen LogP contribution in [0.25, 0.3) is 0 Å². The number of hydrogen-bond donors (Lipinski definition) is 1. The van der Waals surface area contributed by atoms with Gasteiger partial charge in [-0.1, -0.05) is 41.5 Å². The second-order valence-electron chi connectivity index (χ2n) is 4.97. The van der Waals surface area contributed by atoms with E-state index < -0.39 is 11.9 Å². The molecule has 1 unspecified atom stereocenters. The van der Waals surface area contributed by atoms with Crippen molar-refractivity contribution in [1.29, 1.82) is 0 Å². The third-order valence-corrected chi connectivity index (χ3v) is 3.27. The third kappa shape index (κ3) is 2.99. The first-order chi connectivity index (χ1) is 9.51. The first-order valence-electron chi connectivity index (χ1n) is 6.46. The highest BCUT2D eigenvalue weighted by Crippen LogP contribution is 2.28.